The second kappa shape index (κ2) is 11.6. The summed E-state index contributed by atoms with van der Waals surface area (Å²) in [6.07, 6.45) is 7.36. The van der Waals surface area contributed by atoms with Crippen LogP contribution in [-0.4, -0.2) is 58.9 Å². The lowest BCUT2D eigenvalue weighted by atomic mass is 9.95. The predicted molar refractivity (Wildman–Crippen MR) is 132 cm³/mol. The molecular weight excluding hydrogens is 442 g/mol. The number of hydrogen-bond donors (Lipinski definition) is 1. The third-order valence-corrected chi connectivity index (χ3v) is 6.44. The monoisotopic (exact) mass is 473 g/mol. The van der Waals surface area contributed by atoms with Gasteiger partial charge in [-0.25, -0.2) is 9.97 Å². The van der Waals surface area contributed by atoms with Gasteiger partial charge in [0.2, 0.25) is 0 Å². The zero-order valence-electron chi connectivity index (χ0n) is 20.2. The van der Waals surface area contributed by atoms with Gasteiger partial charge in [0.1, 0.15) is 17.8 Å². The summed E-state index contributed by atoms with van der Waals surface area (Å²) in [4.78, 5) is 40.0. The molecule has 0 unspecified atom stereocenters. The van der Waals surface area contributed by atoms with Gasteiger partial charge >= 0.3 is 0 Å². The van der Waals surface area contributed by atoms with E-state index in [1.54, 1.807) is 32.5 Å². The number of pyridine rings is 1. The molecule has 1 aromatic carbocycles. The molecule has 8 heteroatoms. The van der Waals surface area contributed by atoms with E-state index in [0.717, 1.165) is 54.9 Å². The number of rotatable bonds is 7. The molecule has 1 saturated heterocycles. The van der Waals surface area contributed by atoms with E-state index in [1.165, 1.54) is 6.33 Å². The van der Waals surface area contributed by atoms with Crippen molar-refractivity contribution in [2.45, 2.75) is 32.1 Å². The summed E-state index contributed by atoms with van der Waals surface area (Å²) in [6, 6.07) is 13.3. The third-order valence-electron chi connectivity index (χ3n) is 6.44. The summed E-state index contributed by atoms with van der Waals surface area (Å²) >= 11 is 0. The second-order valence-corrected chi connectivity index (χ2v) is 8.79. The normalized spacial score (nSPS) is 15.8. The molecule has 1 aliphatic heterocycles. The van der Waals surface area contributed by atoms with Crippen molar-refractivity contribution >= 4 is 11.8 Å². The van der Waals surface area contributed by atoms with E-state index in [-0.39, 0.29) is 11.8 Å². The fourth-order valence-electron chi connectivity index (χ4n) is 4.56. The molecule has 0 aliphatic carbocycles. The van der Waals surface area contributed by atoms with Crippen molar-refractivity contribution in [1.82, 2.24) is 25.2 Å². The molecule has 3 heterocycles. The highest BCUT2D eigenvalue weighted by atomic mass is 16.5. The Balaban J connectivity index is 1.39. The number of methoxy groups -OCH3 is 1. The van der Waals surface area contributed by atoms with Crippen LogP contribution >= 0.6 is 0 Å². The van der Waals surface area contributed by atoms with Crippen molar-refractivity contribution in [2.24, 2.45) is 5.92 Å². The first-order valence-electron chi connectivity index (χ1n) is 12.0. The number of para-hydroxylation sites is 1. The number of amides is 2. The maximum atomic E-state index is 13.3. The average molecular weight is 474 g/mol. The van der Waals surface area contributed by atoms with Gasteiger partial charge in [0.15, 0.2) is 0 Å². The van der Waals surface area contributed by atoms with Gasteiger partial charge in [0.05, 0.1) is 7.11 Å². The van der Waals surface area contributed by atoms with Crippen LogP contribution in [0.1, 0.15) is 57.1 Å². The zero-order valence-corrected chi connectivity index (χ0v) is 20.2. The Labute approximate surface area is 205 Å². The van der Waals surface area contributed by atoms with E-state index in [2.05, 4.69) is 20.3 Å². The minimum Gasteiger partial charge on any atom is -0.496 e. The van der Waals surface area contributed by atoms with Crippen LogP contribution in [0.4, 0.5) is 0 Å². The zero-order chi connectivity index (χ0) is 24.6. The fraction of sp³-hybridized carbons (Fsp3) is 0.370. The first-order chi connectivity index (χ1) is 17.1. The molecule has 0 spiro atoms. The van der Waals surface area contributed by atoms with Crippen molar-refractivity contribution in [3.8, 4) is 5.75 Å². The summed E-state index contributed by atoms with van der Waals surface area (Å²) in [5, 5.41) is 2.59. The Morgan fingerprint density at radius 3 is 2.74 bits per heavy atom. The van der Waals surface area contributed by atoms with Gasteiger partial charge in [-0.3, -0.25) is 14.6 Å². The molecular formula is C27H31N5O3. The smallest absolute Gasteiger partial charge is 0.269 e. The van der Waals surface area contributed by atoms with Crippen molar-refractivity contribution in [3.63, 3.8) is 0 Å². The number of hydrogen-bond acceptors (Lipinski definition) is 6. The number of aromatic nitrogens is 3. The van der Waals surface area contributed by atoms with E-state index < -0.39 is 0 Å². The van der Waals surface area contributed by atoms with Crippen LogP contribution in [0.15, 0.2) is 55.0 Å². The van der Waals surface area contributed by atoms with Gasteiger partial charge in [-0.2, -0.15) is 0 Å². The number of nitrogens with one attached hydrogen (secondary N) is 1. The van der Waals surface area contributed by atoms with Crippen LogP contribution < -0.4 is 10.1 Å². The quantitative estimate of drug-likeness (QED) is 0.565. The lowest BCUT2D eigenvalue weighted by molar-refractivity contribution is 0.0759. The molecule has 4 rings (SSSR count). The highest BCUT2D eigenvalue weighted by molar-refractivity contribution is 5.94. The Morgan fingerprint density at radius 2 is 1.91 bits per heavy atom. The summed E-state index contributed by atoms with van der Waals surface area (Å²) in [7, 11) is 3.25. The van der Waals surface area contributed by atoms with Crippen LogP contribution in [0, 0.1) is 5.92 Å². The van der Waals surface area contributed by atoms with Gasteiger partial charge in [-0.05, 0) is 55.9 Å². The summed E-state index contributed by atoms with van der Waals surface area (Å²) in [5.41, 5.74) is 3.77. The van der Waals surface area contributed by atoms with Crippen LogP contribution in [0.5, 0.6) is 5.75 Å². The molecule has 3 aromatic rings. The van der Waals surface area contributed by atoms with Gasteiger partial charge in [0, 0.05) is 55.3 Å². The van der Waals surface area contributed by atoms with Crippen LogP contribution in [-0.2, 0) is 12.8 Å². The number of likely N-dealkylation sites (tertiary alicyclic amines) is 1. The van der Waals surface area contributed by atoms with Gasteiger partial charge in [-0.15, -0.1) is 0 Å². The van der Waals surface area contributed by atoms with Crippen molar-refractivity contribution in [2.75, 3.05) is 27.2 Å². The number of carbonyl (C=O) groups excluding carboxylic acids is 2. The lowest BCUT2D eigenvalue weighted by Crippen LogP contribution is -2.32. The topological polar surface area (TPSA) is 97.3 Å². The van der Waals surface area contributed by atoms with Gasteiger partial charge < -0.3 is 15.0 Å². The summed E-state index contributed by atoms with van der Waals surface area (Å²) in [5.74, 6) is 1.04. The van der Waals surface area contributed by atoms with Gasteiger partial charge in [0.25, 0.3) is 11.8 Å². The first-order valence-corrected chi connectivity index (χ1v) is 12.0. The molecule has 35 heavy (non-hydrogen) atoms. The Bertz CT molecular complexity index is 1180. The van der Waals surface area contributed by atoms with Crippen molar-refractivity contribution in [1.29, 1.82) is 0 Å². The molecule has 2 amide bonds. The largest absolute Gasteiger partial charge is 0.496 e. The average Bonchev–Trinajstić information content (AvgIpc) is 3.14. The molecule has 0 bridgehead atoms. The van der Waals surface area contributed by atoms with Crippen molar-refractivity contribution < 1.29 is 14.3 Å². The molecule has 0 saturated carbocycles. The van der Waals surface area contributed by atoms with Crippen LogP contribution in [0.2, 0.25) is 0 Å². The van der Waals surface area contributed by atoms with E-state index in [9.17, 15) is 9.59 Å². The predicted octanol–water partition coefficient (Wildman–Crippen LogP) is 3.32. The molecule has 1 N–H and O–H groups in total. The highest BCUT2D eigenvalue weighted by Gasteiger charge is 2.23. The minimum atomic E-state index is -0.214. The van der Waals surface area contributed by atoms with Crippen molar-refractivity contribution in [3.05, 3.63) is 83.2 Å². The van der Waals surface area contributed by atoms with E-state index in [1.807, 2.05) is 35.2 Å². The molecule has 1 atom stereocenters. The minimum absolute atomic E-state index is 0.0401. The fourth-order valence-corrected chi connectivity index (χ4v) is 4.56. The molecule has 1 fully saturated rings. The van der Waals surface area contributed by atoms with Crippen LogP contribution in [0.25, 0.3) is 0 Å². The Morgan fingerprint density at radius 1 is 1.06 bits per heavy atom. The number of ether oxygens (including phenoxy) is 1. The molecule has 1 aliphatic rings. The maximum Gasteiger partial charge on any atom is 0.269 e. The molecule has 182 valence electrons. The Kier molecular flexibility index (Phi) is 8.03. The Hall–Kier alpha value is -3.81. The molecule has 0 radical (unpaired) electrons. The standard InChI is InChI=1S/C27H31N5O3/c1-28-26(33)24-17-22(30-18-31-24)14-19-6-5-12-32(13-10-19)27(34)21-9-11-29-23(16-21)15-20-7-3-4-8-25(20)35-2/h3-4,7-9,11,16-19H,5-6,10,12-15H2,1-2H3,(H,28,33)/t19-/m1/s1. The number of carbonyl (C=O) groups is 2. The maximum absolute atomic E-state index is 13.3. The summed E-state index contributed by atoms with van der Waals surface area (Å²) in [6.45, 7) is 1.42. The first kappa shape index (κ1) is 24.3. The number of benzene rings is 1. The highest BCUT2D eigenvalue weighted by Crippen LogP contribution is 2.24. The van der Waals surface area contributed by atoms with Gasteiger partial charge in [-0.1, -0.05) is 18.2 Å². The van der Waals surface area contributed by atoms with E-state index in [4.69, 9.17) is 4.74 Å². The lowest BCUT2D eigenvalue weighted by Gasteiger charge is -2.21. The summed E-state index contributed by atoms with van der Waals surface area (Å²) < 4.78 is 5.45. The molecule has 8 nitrogen and oxygen atoms in total. The SMILES string of the molecule is CNC(=O)c1cc(C[C@@H]2CCCN(C(=O)c3ccnc(Cc4ccccc4OC)c3)CC2)ncn1. The third kappa shape index (κ3) is 6.20. The number of nitrogens with zero attached hydrogens (tertiary/aromatic N) is 4. The van der Waals surface area contributed by atoms with E-state index >= 15 is 0 Å². The van der Waals surface area contributed by atoms with E-state index in [0.29, 0.717) is 30.1 Å². The van der Waals surface area contributed by atoms with Crippen LogP contribution in [0.3, 0.4) is 0 Å². The molecule has 2 aromatic heterocycles. The second-order valence-electron chi connectivity index (χ2n) is 8.79.